The molecule has 1 unspecified atom stereocenters. The van der Waals surface area contributed by atoms with Crippen LogP contribution >= 0.6 is 45.2 Å². The Kier molecular flexibility index (Phi) is 4.94. The van der Waals surface area contributed by atoms with E-state index in [0.717, 1.165) is 0 Å². The number of carbonyl (C=O) groups excluding carboxylic acids is 2. The van der Waals surface area contributed by atoms with E-state index < -0.39 is 6.04 Å². The third kappa shape index (κ3) is 5.22. The van der Waals surface area contributed by atoms with Crippen molar-refractivity contribution in [2.75, 3.05) is 0 Å². The molecule has 0 amide bonds. The summed E-state index contributed by atoms with van der Waals surface area (Å²) in [5, 5.41) is 0. The highest BCUT2D eigenvalue weighted by Crippen LogP contribution is 2.01. The Morgan fingerprint density at radius 1 is 1.44 bits per heavy atom. The second-order valence-electron chi connectivity index (χ2n) is 1.47. The summed E-state index contributed by atoms with van der Waals surface area (Å²) in [6, 6.07) is -0.616. The smallest absolute Gasteiger partial charge is 0.209 e. The van der Waals surface area contributed by atoms with E-state index >= 15 is 0 Å². The van der Waals surface area contributed by atoms with E-state index in [-0.39, 0.29) is 14.0 Å². The second kappa shape index (κ2) is 4.56. The quantitative estimate of drug-likeness (QED) is 0.598. The molecule has 2 N–H and O–H groups in total. The van der Waals surface area contributed by atoms with Gasteiger partial charge in [-0.1, -0.05) is 0 Å². The fourth-order valence-corrected chi connectivity index (χ4v) is 0.948. The van der Waals surface area contributed by atoms with Crippen molar-refractivity contribution >= 4 is 52.8 Å². The average Bonchev–Trinajstić information content (AvgIpc) is 1.63. The number of nitrogens with two attached hydrogens (primary N) is 1. The van der Waals surface area contributed by atoms with Crippen molar-refractivity contribution in [3.8, 4) is 0 Å². The molecule has 0 aromatic carbocycles. The molecule has 3 nitrogen and oxygen atoms in total. The van der Waals surface area contributed by atoms with Crippen LogP contribution < -0.4 is 5.73 Å². The summed E-state index contributed by atoms with van der Waals surface area (Å²) >= 11 is 3.20. The van der Waals surface area contributed by atoms with Gasteiger partial charge in [-0.2, -0.15) is 0 Å². The van der Waals surface area contributed by atoms with Gasteiger partial charge in [0, 0.05) is 29.0 Å². The first kappa shape index (κ1) is 9.76. The minimum absolute atomic E-state index is 0.0786. The molecule has 0 rings (SSSR count). The molecule has 0 aliphatic heterocycles. The Balaban J connectivity index is 3.63. The number of hydrogen-bond donors (Lipinski definition) is 1. The minimum Gasteiger partial charge on any atom is -0.320 e. The van der Waals surface area contributed by atoms with Crippen LogP contribution in [0.1, 0.15) is 6.42 Å². The lowest BCUT2D eigenvalue weighted by Gasteiger charge is -1.99. The van der Waals surface area contributed by atoms with Crippen molar-refractivity contribution in [1.29, 1.82) is 0 Å². The molecular weight excluding hydrogens is 348 g/mol. The maximum absolute atomic E-state index is 10.4. The number of halogens is 2. The molecule has 0 saturated carbocycles. The van der Waals surface area contributed by atoms with Crippen molar-refractivity contribution in [2.24, 2.45) is 5.73 Å². The maximum atomic E-state index is 10.4. The van der Waals surface area contributed by atoms with Crippen LogP contribution in [0.5, 0.6) is 0 Å². The van der Waals surface area contributed by atoms with Crippen LogP contribution in [0.15, 0.2) is 0 Å². The summed E-state index contributed by atoms with van der Waals surface area (Å²) in [6.45, 7) is 0. The third-order valence-corrected chi connectivity index (χ3v) is 1.91. The van der Waals surface area contributed by atoms with E-state index in [1.54, 1.807) is 45.2 Å². The largest absolute Gasteiger partial charge is 0.320 e. The molecule has 1 atom stereocenters. The summed E-state index contributed by atoms with van der Waals surface area (Å²) in [5.74, 6) is 0. The molecule has 5 heteroatoms. The first-order valence-electron chi connectivity index (χ1n) is 2.17. The summed E-state index contributed by atoms with van der Waals surface area (Å²) in [6.07, 6.45) is 0.141. The van der Waals surface area contributed by atoms with Gasteiger partial charge in [0.05, 0.1) is 6.04 Å². The lowest BCUT2D eigenvalue weighted by molar-refractivity contribution is -0.115. The van der Waals surface area contributed by atoms with E-state index in [9.17, 15) is 9.59 Å². The minimum atomic E-state index is -0.616. The van der Waals surface area contributed by atoms with Gasteiger partial charge in [0.15, 0.2) is 3.79 Å². The van der Waals surface area contributed by atoms with Gasteiger partial charge in [0.1, 0.15) is 0 Å². The van der Waals surface area contributed by atoms with Crippen LogP contribution in [0.2, 0.25) is 0 Å². The standard InChI is InChI=1S/C4H5I2NO2/c5-3(8)1-2(7)4(6)9/h2H,1,7H2. The number of rotatable bonds is 3. The van der Waals surface area contributed by atoms with Crippen molar-refractivity contribution in [1.82, 2.24) is 0 Å². The Labute approximate surface area is 80.0 Å². The van der Waals surface area contributed by atoms with Gasteiger partial charge in [-0.05, 0) is 22.6 Å². The van der Waals surface area contributed by atoms with E-state index in [4.69, 9.17) is 5.73 Å². The average molecular weight is 353 g/mol. The number of hydrogen-bond acceptors (Lipinski definition) is 3. The Morgan fingerprint density at radius 3 is 2.00 bits per heavy atom. The Bertz CT molecular complexity index is 137. The van der Waals surface area contributed by atoms with Crippen LogP contribution in [-0.2, 0) is 9.59 Å². The summed E-state index contributed by atoms with van der Waals surface area (Å²) in [7, 11) is 0. The van der Waals surface area contributed by atoms with E-state index in [0.29, 0.717) is 0 Å². The highest BCUT2D eigenvalue weighted by molar-refractivity contribution is 14.1. The lowest BCUT2D eigenvalue weighted by Crippen LogP contribution is -2.27. The van der Waals surface area contributed by atoms with Crippen molar-refractivity contribution in [2.45, 2.75) is 12.5 Å². The summed E-state index contributed by atoms with van der Waals surface area (Å²) in [4.78, 5) is 20.7. The molecule has 0 radical (unpaired) electrons. The highest BCUT2D eigenvalue weighted by Gasteiger charge is 2.11. The Morgan fingerprint density at radius 2 is 1.89 bits per heavy atom. The fraction of sp³-hybridized carbons (Fsp3) is 0.500. The van der Waals surface area contributed by atoms with Crippen LogP contribution in [0.4, 0.5) is 0 Å². The zero-order chi connectivity index (χ0) is 7.44. The van der Waals surface area contributed by atoms with Crippen LogP contribution in [0, 0.1) is 0 Å². The van der Waals surface area contributed by atoms with Gasteiger partial charge in [0.2, 0.25) is 3.79 Å². The zero-order valence-corrected chi connectivity index (χ0v) is 8.75. The number of carbonyl (C=O) groups is 2. The van der Waals surface area contributed by atoms with Crippen molar-refractivity contribution in [3.63, 3.8) is 0 Å². The fourth-order valence-electron chi connectivity index (χ4n) is 0.253. The summed E-state index contributed by atoms with van der Waals surface area (Å²) in [5.41, 5.74) is 5.23. The molecule has 0 fully saturated rings. The molecule has 9 heavy (non-hydrogen) atoms. The molecular formula is C4H5I2NO2. The molecule has 0 aliphatic rings. The first-order chi connectivity index (χ1) is 4.04. The van der Waals surface area contributed by atoms with Gasteiger partial charge in [0.25, 0.3) is 0 Å². The first-order valence-corrected chi connectivity index (χ1v) is 4.33. The molecule has 0 spiro atoms. The van der Waals surface area contributed by atoms with Crippen LogP contribution in [-0.4, -0.2) is 13.6 Å². The molecule has 52 valence electrons. The van der Waals surface area contributed by atoms with Gasteiger partial charge in [-0.3, -0.25) is 9.59 Å². The predicted octanol–water partition coefficient (Wildman–Crippen LogP) is 0.627. The summed E-state index contributed by atoms with van der Waals surface area (Å²) < 4.78 is -0.247. The predicted molar refractivity (Wildman–Crippen MR) is 50.6 cm³/mol. The molecule has 0 bridgehead atoms. The molecule has 0 heterocycles. The molecule has 0 saturated heterocycles. The van der Waals surface area contributed by atoms with E-state index in [2.05, 4.69) is 0 Å². The lowest BCUT2D eigenvalue weighted by atomic mass is 10.3. The van der Waals surface area contributed by atoms with Crippen molar-refractivity contribution < 1.29 is 9.59 Å². The zero-order valence-electron chi connectivity index (χ0n) is 4.43. The van der Waals surface area contributed by atoms with Crippen LogP contribution in [0.25, 0.3) is 0 Å². The molecule has 0 aliphatic carbocycles. The topological polar surface area (TPSA) is 60.2 Å². The van der Waals surface area contributed by atoms with Gasteiger partial charge in [-0.15, -0.1) is 0 Å². The van der Waals surface area contributed by atoms with Gasteiger partial charge >= 0.3 is 0 Å². The van der Waals surface area contributed by atoms with E-state index in [1.807, 2.05) is 0 Å². The Hall–Kier alpha value is 0.760. The highest BCUT2D eigenvalue weighted by atomic mass is 127. The van der Waals surface area contributed by atoms with E-state index in [1.165, 1.54) is 0 Å². The van der Waals surface area contributed by atoms with Gasteiger partial charge < -0.3 is 5.73 Å². The SMILES string of the molecule is NC(CC(=O)I)C(=O)I. The maximum Gasteiger partial charge on any atom is 0.209 e. The van der Waals surface area contributed by atoms with Gasteiger partial charge in [-0.25, -0.2) is 0 Å². The third-order valence-electron chi connectivity index (χ3n) is 0.672. The second-order valence-corrected chi connectivity index (χ2v) is 3.74. The van der Waals surface area contributed by atoms with Crippen molar-refractivity contribution in [3.05, 3.63) is 0 Å². The molecule has 0 aromatic rings. The monoisotopic (exact) mass is 353 g/mol. The normalized spacial score (nSPS) is 12.8. The molecule has 0 aromatic heterocycles. The van der Waals surface area contributed by atoms with Crippen LogP contribution in [0.3, 0.4) is 0 Å².